The van der Waals surface area contributed by atoms with Crippen molar-refractivity contribution in [1.29, 1.82) is 0 Å². The van der Waals surface area contributed by atoms with Crippen molar-refractivity contribution in [2.75, 3.05) is 18.5 Å². The first kappa shape index (κ1) is 23.7. The number of anilines is 1. The number of carbonyl (C=O) groups is 1. The Kier molecular flexibility index (Phi) is 7.80. The minimum Gasteiger partial charge on any atom is -0.357 e. The summed E-state index contributed by atoms with van der Waals surface area (Å²) in [5.74, 6) is -0.161. The number of aryl methyl sites for hydroxylation is 1. The van der Waals surface area contributed by atoms with Crippen molar-refractivity contribution in [3.63, 3.8) is 0 Å². The molecule has 0 heterocycles. The fourth-order valence-electron chi connectivity index (χ4n) is 3.62. The standard InChI is InChI=1S/C25H24ClF3N2O/c1-30-24(32)23(19-8-3-2-4-9-19)31(22-11-5-10-21(26)17-22)16-6-7-18-12-14-20(15-13-18)25(27,28)29/h2-5,8-15,17,23H,6-7,16H2,1H3,(H,30,32)/t23-/m0/s1. The van der Waals surface area contributed by atoms with E-state index < -0.39 is 17.8 Å². The Bertz CT molecular complexity index is 1020. The summed E-state index contributed by atoms with van der Waals surface area (Å²) < 4.78 is 38.4. The van der Waals surface area contributed by atoms with Crippen LogP contribution in [0.3, 0.4) is 0 Å². The second-order valence-electron chi connectivity index (χ2n) is 7.40. The van der Waals surface area contributed by atoms with E-state index >= 15 is 0 Å². The van der Waals surface area contributed by atoms with Gasteiger partial charge in [-0.15, -0.1) is 0 Å². The molecular formula is C25H24ClF3N2O. The van der Waals surface area contributed by atoms with Gasteiger partial charge in [0, 0.05) is 24.3 Å². The number of likely N-dealkylation sites (N-methyl/N-ethyl adjacent to an activating group) is 1. The smallest absolute Gasteiger partial charge is 0.357 e. The van der Waals surface area contributed by atoms with E-state index in [-0.39, 0.29) is 5.91 Å². The molecular weight excluding hydrogens is 437 g/mol. The first-order valence-corrected chi connectivity index (χ1v) is 10.6. The van der Waals surface area contributed by atoms with Crippen molar-refractivity contribution in [2.45, 2.75) is 25.1 Å². The molecule has 168 valence electrons. The molecule has 32 heavy (non-hydrogen) atoms. The first-order valence-electron chi connectivity index (χ1n) is 10.2. The maximum absolute atomic E-state index is 12.9. The number of halogens is 4. The van der Waals surface area contributed by atoms with Gasteiger partial charge in [0.25, 0.3) is 0 Å². The molecule has 0 saturated heterocycles. The van der Waals surface area contributed by atoms with Crippen LogP contribution < -0.4 is 10.2 Å². The number of carbonyl (C=O) groups excluding carboxylic acids is 1. The van der Waals surface area contributed by atoms with Gasteiger partial charge in [-0.25, -0.2) is 0 Å². The molecule has 0 spiro atoms. The molecule has 0 fully saturated rings. The van der Waals surface area contributed by atoms with Crippen LogP contribution in [0.5, 0.6) is 0 Å². The highest BCUT2D eigenvalue weighted by Gasteiger charge is 2.30. The molecule has 1 N–H and O–H groups in total. The van der Waals surface area contributed by atoms with Gasteiger partial charge in [-0.2, -0.15) is 13.2 Å². The monoisotopic (exact) mass is 460 g/mol. The highest BCUT2D eigenvalue weighted by molar-refractivity contribution is 6.30. The van der Waals surface area contributed by atoms with Gasteiger partial charge < -0.3 is 10.2 Å². The Labute approximate surface area is 190 Å². The number of nitrogens with one attached hydrogen (secondary N) is 1. The van der Waals surface area contributed by atoms with Crippen molar-refractivity contribution in [2.24, 2.45) is 0 Å². The number of hydrogen-bond donors (Lipinski definition) is 1. The van der Waals surface area contributed by atoms with E-state index in [1.165, 1.54) is 12.1 Å². The summed E-state index contributed by atoms with van der Waals surface area (Å²) in [7, 11) is 1.59. The molecule has 3 aromatic rings. The number of amides is 1. The predicted octanol–water partition coefficient (Wildman–Crippen LogP) is 6.29. The average molecular weight is 461 g/mol. The molecule has 3 aromatic carbocycles. The van der Waals surface area contributed by atoms with Gasteiger partial charge in [0.05, 0.1) is 5.56 Å². The maximum Gasteiger partial charge on any atom is 0.416 e. The molecule has 1 amide bonds. The topological polar surface area (TPSA) is 32.3 Å². The number of benzene rings is 3. The minimum absolute atomic E-state index is 0.161. The summed E-state index contributed by atoms with van der Waals surface area (Å²) in [6.07, 6.45) is -3.14. The molecule has 3 rings (SSSR count). The molecule has 0 saturated carbocycles. The third-order valence-electron chi connectivity index (χ3n) is 5.21. The molecule has 3 nitrogen and oxygen atoms in total. The number of alkyl halides is 3. The lowest BCUT2D eigenvalue weighted by Crippen LogP contribution is -2.40. The highest BCUT2D eigenvalue weighted by atomic mass is 35.5. The minimum atomic E-state index is -4.35. The molecule has 0 aliphatic carbocycles. The van der Waals surface area contributed by atoms with Crippen LogP contribution in [0.2, 0.25) is 5.02 Å². The number of nitrogens with zero attached hydrogens (tertiary/aromatic N) is 1. The van der Waals surface area contributed by atoms with Crippen LogP contribution in [-0.2, 0) is 17.4 Å². The largest absolute Gasteiger partial charge is 0.416 e. The van der Waals surface area contributed by atoms with Crippen molar-refractivity contribution in [1.82, 2.24) is 5.32 Å². The van der Waals surface area contributed by atoms with E-state index in [0.717, 1.165) is 28.9 Å². The summed E-state index contributed by atoms with van der Waals surface area (Å²) in [6, 6.07) is 21.3. The van der Waals surface area contributed by atoms with E-state index in [0.29, 0.717) is 24.4 Å². The van der Waals surface area contributed by atoms with Gasteiger partial charge in [-0.3, -0.25) is 4.79 Å². The molecule has 0 aromatic heterocycles. The first-order chi connectivity index (χ1) is 15.3. The number of hydrogen-bond acceptors (Lipinski definition) is 2. The third-order valence-corrected chi connectivity index (χ3v) is 5.44. The van der Waals surface area contributed by atoms with E-state index in [1.54, 1.807) is 19.2 Å². The Balaban J connectivity index is 1.84. The van der Waals surface area contributed by atoms with Gasteiger partial charge in [0.1, 0.15) is 6.04 Å². The van der Waals surface area contributed by atoms with E-state index in [1.807, 2.05) is 47.4 Å². The lowest BCUT2D eigenvalue weighted by Gasteiger charge is -2.33. The van der Waals surface area contributed by atoms with E-state index in [9.17, 15) is 18.0 Å². The van der Waals surface area contributed by atoms with Crippen LogP contribution in [0.15, 0.2) is 78.9 Å². The quantitative estimate of drug-likeness (QED) is 0.428. The lowest BCUT2D eigenvalue weighted by molar-refractivity contribution is -0.137. The van der Waals surface area contributed by atoms with Crippen molar-refractivity contribution >= 4 is 23.2 Å². The average Bonchev–Trinajstić information content (AvgIpc) is 2.78. The molecule has 0 aliphatic rings. The zero-order valence-corrected chi connectivity index (χ0v) is 18.3. The summed E-state index contributed by atoms with van der Waals surface area (Å²) in [5.41, 5.74) is 1.77. The molecule has 7 heteroatoms. The van der Waals surface area contributed by atoms with Gasteiger partial charge in [0.2, 0.25) is 5.91 Å². The van der Waals surface area contributed by atoms with Gasteiger partial charge in [-0.1, -0.05) is 60.1 Å². The highest BCUT2D eigenvalue weighted by Crippen LogP contribution is 2.31. The van der Waals surface area contributed by atoms with Crippen molar-refractivity contribution in [3.05, 3.63) is 101 Å². The predicted molar refractivity (Wildman–Crippen MR) is 122 cm³/mol. The summed E-state index contributed by atoms with van der Waals surface area (Å²) in [6.45, 7) is 0.508. The van der Waals surface area contributed by atoms with Crippen molar-refractivity contribution < 1.29 is 18.0 Å². The zero-order chi connectivity index (χ0) is 23.1. The zero-order valence-electron chi connectivity index (χ0n) is 17.6. The third kappa shape index (κ3) is 6.04. The molecule has 1 atom stereocenters. The van der Waals surface area contributed by atoms with E-state index in [2.05, 4.69) is 5.32 Å². The van der Waals surface area contributed by atoms with Gasteiger partial charge in [-0.05, 0) is 54.3 Å². The summed E-state index contributed by atoms with van der Waals surface area (Å²) >= 11 is 6.22. The molecule has 0 radical (unpaired) electrons. The fourth-order valence-corrected chi connectivity index (χ4v) is 3.81. The van der Waals surface area contributed by atoms with E-state index in [4.69, 9.17) is 11.6 Å². The summed E-state index contributed by atoms with van der Waals surface area (Å²) in [5, 5.41) is 3.29. The molecule has 0 unspecified atom stereocenters. The van der Waals surface area contributed by atoms with Crippen LogP contribution in [0.4, 0.5) is 18.9 Å². The molecule has 0 aliphatic heterocycles. The van der Waals surface area contributed by atoms with Crippen LogP contribution in [0.25, 0.3) is 0 Å². The second-order valence-corrected chi connectivity index (χ2v) is 7.84. The van der Waals surface area contributed by atoms with Gasteiger partial charge >= 0.3 is 6.18 Å². The normalized spacial score (nSPS) is 12.3. The maximum atomic E-state index is 12.9. The Morgan fingerprint density at radius 3 is 2.28 bits per heavy atom. The van der Waals surface area contributed by atoms with Crippen LogP contribution in [0.1, 0.15) is 29.2 Å². The van der Waals surface area contributed by atoms with Gasteiger partial charge in [0.15, 0.2) is 0 Å². The van der Waals surface area contributed by atoms with Crippen molar-refractivity contribution in [3.8, 4) is 0 Å². The number of rotatable bonds is 8. The Hall–Kier alpha value is -2.99. The van der Waals surface area contributed by atoms with Crippen LogP contribution >= 0.6 is 11.6 Å². The Morgan fingerprint density at radius 2 is 1.69 bits per heavy atom. The van der Waals surface area contributed by atoms with Crippen LogP contribution in [-0.4, -0.2) is 19.5 Å². The fraction of sp³-hybridized carbons (Fsp3) is 0.240. The molecule has 0 bridgehead atoms. The summed E-state index contributed by atoms with van der Waals surface area (Å²) in [4.78, 5) is 14.9. The Morgan fingerprint density at radius 1 is 1.00 bits per heavy atom. The van der Waals surface area contributed by atoms with Crippen LogP contribution in [0, 0.1) is 0 Å². The SMILES string of the molecule is CNC(=O)[C@H](c1ccccc1)N(CCCc1ccc(C(F)(F)F)cc1)c1cccc(Cl)c1. The lowest BCUT2D eigenvalue weighted by atomic mass is 10.0. The second kappa shape index (κ2) is 10.6.